The Hall–Kier alpha value is -1.86. The van der Waals surface area contributed by atoms with Gasteiger partial charge < -0.3 is 9.47 Å². The predicted molar refractivity (Wildman–Crippen MR) is 108 cm³/mol. The Kier molecular flexibility index (Phi) is 7.63. The van der Waals surface area contributed by atoms with Crippen LogP contribution in [0.4, 0.5) is 11.4 Å². The van der Waals surface area contributed by atoms with Crippen molar-refractivity contribution in [2.75, 3.05) is 36.2 Å². The van der Waals surface area contributed by atoms with E-state index in [2.05, 4.69) is 9.44 Å². The van der Waals surface area contributed by atoms with Crippen molar-refractivity contribution in [3.63, 3.8) is 0 Å². The monoisotopic (exact) mass is 407 g/mol. The van der Waals surface area contributed by atoms with Gasteiger partial charge in [-0.3, -0.25) is 9.44 Å². The van der Waals surface area contributed by atoms with E-state index in [0.29, 0.717) is 22.9 Å². The number of benzene rings is 2. The minimum Gasteiger partial charge on any atom is -0.495 e. The zero-order valence-corrected chi connectivity index (χ0v) is 17.4. The summed E-state index contributed by atoms with van der Waals surface area (Å²) in [6.07, 6.45) is 2.11. The second-order valence-electron chi connectivity index (χ2n) is 5.58. The fraction of sp³-hybridized carbons (Fsp3) is 0.250. The minimum absolute atomic E-state index is 0. The molecule has 0 heterocycles. The molecule has 2 aromatic rings. The van der Waals surface area contributed by atoms with Crippen LogP contribution in [0.15, 0.2) is 36.4 Å². The molecule has 0 aromatic heterocycles. The standard InChI is InChI=1S/C16H20N2O6S2.Li/c1-23-15-9-11(5-7-13(15)17-25(3,19)20)12-6-8-14(16(10-12)24-2)18-26(4,21)22;/h5-10,17-18H,1-4H3;. The van der Waals surface area contributed by atoms with Crippen LogP contribution < -0.4 is 18.9 Å². The molecular formula is C16H20LiN2O6S2. The van der Waals surface area contributed by atoms with Gasteiger partial charge in [0.2, 0.25) is 20.0 Å². The summed E-state index contributed by atoms with van der Waals surface area (Å²) >= 11 is 0. The molecule has 0 amide bonds. The van der Waals surface area contributed by atoms with Crippen molar-refractivity contribution >= 4 is 50.3 Å². The number of hydrogen-bond acceptors (Lipinski definition) is 6. The number of hydrogen-bond donors (Lipinski definition) is 2. The first-order valence-electron chi connectivity index (χ1n) is 7.34. The van der Waals surface area contributed by atoms with Crippen LogP contribution in [-0.4, -0.2) is 62.4 Å². The Bertz CT molecular complexity index is 940. The molecule has 0 aliphatic rings. The molecule has 0 atom stereocenters. The third kappa shape index (κ3) is 6.66. The Morgan fingerprint density at radius 1 is 0.704 bits per heavy atom. The fourth-order valence-corrected chi connectivity index (χ4v) is 3.45. The summed E-state index contributed by atoms with van der Waals surface area (Å²) in [4.78, 5) is 0. The van der Waals surface area contributed by atoms with E-state index in [-0.39, 0.29) is 18.9 Å². The van der Waals surface area contributed by atoms with Crippen LogP contribution in [0.2, 0.25) is 0 Å². The van der Waals surface area contributed by atoms with Gasteiger partial charge in [-0.1, -0.05) is 12.1 Å². The van der Waals surface area contributed by atoms with Crippen LogP contribution in [-0.2, 0) is 20.0 Å². The SMILES string of the molecule is COc1cc(-c2ccc(NS(C)(=O)=O)c(OC)c2)ccc1NS(C)(=O)=O.[Li]. The van der Waals surface area contributed by atoms with Gasteiger partial charge in [-0.05, 0) is 35.4 Å². The molecule has 0 aliphatic carbocycles. The van der Waals surface area contributed by atoms with Gasteiger partial charge in [0.05, 0.1) is 38.1 Å². The maximum absolute atomic E-state index is 11.4. The summed E-state index contributed by atoms with van der Waals surface area (Å²) in [5.74, 6) is 0.704. The molecule has 2 rings (SSSR count). The van der Waals surface area contributed by atoms with Crippen molar-refractivity contribution in [1.82, 2.24) is 0 Å². The van der Waals surface area contributed by atoms with E-state index in [1.54, 1.807) is 36.4 Å². The molecule has 2 aromatic carbocycles. The van der Waals surface area contributed by atoms with E-state index in [4.69, 9.17) is 9.47 Å². The number of sulfonamides is 2. The predicted octanol–water partition coefficient (Wildman–Crippen LogP) is 1.73. The molecular weight excluding hydrogens is 387 g/mol. The molecule has 2 N–H and O–H groups in total. The van der Waals surface area contributed by atoms with Gasteiger partial charge in [-0.2, -0.15) is 0 Å². The van der Waals surface area contributed by atoms with Crippen LogP contribution in [0.3, 0.4) is 0 Å². The zero-order chi connectivity index (χ0) is 19.5. The molecule has 0 spiro atoms. The molecule has 0 bridgehead atoms. The largest absolute Gasteiger partial charge is 0.495 e. The van der Waals surface area contributed by atoms with E-state index in [9.17, 15) is 16.8 Å². The van der Waals surface area contributed by atoms with Gasteiger partial charge in [0, 0.05) is 18.9 Å². The van der Waals surface area contributed by atoms with Crippen LogP contribution in [0.1, 0.15) is 0 Å². The molecule has 0 aliphatic heterocycles. The number of methoxy groups -OCH3 is 2. The summed E-state index contributed by atoms with van der Waals surface area (Å²) in [6, 6.07) is 9.95. The van der Waals surface area contributed by atoms with Crippen LogP contribution in [0, 0.1) is 0 Å². The number of anilines is 2. The Balaban J connectivity index is 0.00000364. The van der Waals surface area contributed by atoms with Crippen molar-refractivity contribution in [1.29, 1.82) is 0 Å². The van der Waals surface area contributed by atoms with Gasteiger partial charge in [-0.25, -0.2) is 16.8 Å². The number of nitrogens with one attached hydrogen (secondary N) is 2. The fourth-order valence-electron chi connectivity index (χ4n) is 2.31. The average molecular weight is 407 g/mol. The maximum Gasteiger partial charge on any atom is 0.229 e. The van der Waals surface area contributed by atoms with Gasteiger partial charge in [0.1, 0.15) is 11.5 Å². The third-order valence-corrected chi connectivity index (χ3v) is 4.51. The molecule has 0 unspecified atom stereocenters. The summed E-state index contributed by atoms with van der Waals surface area (Å²) in [5.41, 5.74) is 2.12. The maximum atomic E-state index is 11.4. The Morgan fingerprint density at radius 2 is 1.04 bits per heavy atom. The van der Waals surface area contributed by atoms with Crippen molar-refractivity contribution in [2.45, 2.75) is 0 Å². The van der Waals surface area contributed by atoms with Crippen molar-refractivity contribution in [2.24, 2.45) is 0 Å². The van der Waals surface area contributed by atoms with Crippen LogP contribution in [0.25, 0.3) is 11.1 Å². The van der Waals surface area contributed by atoms with Crippen LogP contribution >= 0.6 is 0 Å². The van der Waals surface area contributed by atoms with Gasteiger partial charge in [-0.15, -0.1) is 0 Å². The first-order chi connectivity index (χ1) is 12.0. The molecule has 27 heavy (non-hydrogen) atoms. The summed E-state index contributed by atoms with van der Waals surface area (Å²) < 4.78 is 60.9. The first kappa shape index (κ1) is 23.2. The van der Waals surface area contributed by atoms with E-state index in [1.807, 2.05) is 0 Å². The molecule has 0 fully saturated rings. The smallest absolute Gasteiger partial charge is 0.229 e. The first-order valence-corrected chi connectivity index (χ1v) is 11.1. The average Bonchev–Trinajstić information content (AvgIpc) is 2.53. The molecule has 1 radical (unpaired) electrons. The summed E-state index contributed by atoms with van der Waals surface area (Å²) in [6.45, 7) is 0. The van der Waals surface area contributed by atoms with Gasteiger partial charge in [0.15, 0.2) is 0 Å². The molecule has 0 saturated carbocycles. The van der Waals surface area contributed by atoms with Crippen molar-refractivity contribution in [3.8, 4) is 22.6 Å². The van der Waals surface area contributed by atoms with Crippen LogP contribution in [0.5, 0.6) is 11.5 Å². The summed E-state index contributed by atoms with van der Waals surface area (Å²) in [5, 5.41) is 0. The number of rotatable bonds is 7. The third-order valence-electron chi connectivity index (χ3n) is 3.33. The van der Waals surface area contributed by atoms with Gasteiger partial charge in [0.25, 0.3) is 0 Å². The Morgan fingerprint density at radius 3 is 1.30 bits per heavy atom. The molecule has 0 saturated heterocycles. The van der Waals surface area contributed by atoms with Crippen molar-refractivity contribution in [3.05, 3.63) is 36.4 Å². The topological polar surface area (TPSA) is 111 Å². The van der Waals surface area contributed by atoms with E-state index >= 15 is 0 Å². The van der Waals surface area contributed by atoms with E-state index < -0.39 is 20.0 Å². The van der Waals surface area contributed by atoms with E-state index in [1.165, 1.54) is 14.2 Å². The molecule has 8 nitrogen and oxygen atoms in total. The second kappa shape index (κ2) is 8.88. The van der Waals surface area contributed by atoms with Crippen molar-refractivity contribution < 1.29 is 26.3 Å². The molecule has 11 heteroatoms. The van der Waals surface area contributed by atoms with Gasteiger partial charge >= 0.3 is 0 Å². The normalized spacial score (nSPS) is 11.3. The minimum atomic E-state index is -3.44. The zero-order valence-electron chi connectivity index (χ0n) is 15.7. The Labute approximate surface area is 171 Å². The quantitative estimate of drug-likeness (QED) is 0.677. The summed E-state index contributed by atoms with van der Waals surface area (Å²) in [7, 11) is -4.00. The van der Waals surface area contributed by atoms with E-state index in [0.717, 1.165) is 23.6 Å². The number of ether oxygens (including phenoxy) is 2. The second-order valence-corrected chi connectivity index (χ2v) is 9.08. The molecule has 143 valence electrons.